The molecule has 1 amide bonds. The number of nitrogens with zero attached hydrogens (tertiary/aromatic N) is 5. The van der Waals surface area contributed by atoms with E-state index in [-0.39, 0.29) is 11.9 Å². The van der Waals surface area contributed by atoms with E-state index in [1.54, 1.807) is 12.4 Å². The first-order valence-corrected chi connectivity index (χ1v) is 11.2. The number of rotatable bonds is 8. The monoisotopic (exact) mass is 426 g/mol. The number of aryl methyl sites for hydroxylation is 2. The molecule has 1 aliphatic carbocycles. The minimum atomic E-state index is 0.101. The van der Waals surface area contributed by atoms with Crippen molar-refractivity contribution >= 4 is 17.7 Å². The minimum absolute atomic E-state index is 0.101. The fourth-order valence-corrected chi connectivity index (χ4v) is 4.77. The quantitative estimate of drug-likeness (QED) is 0.589. The molecule has 0 spiro atoms. The van der Waals surface area contributed by atoms with Crippen molar-refractivity contribution in [3.8, 4) is 11.4 Å². The summed E-state index contributed by atoms with van der Waals surface area (Å²) in [5, 5.41) is 8.82. The third-order valence-corrected chi connectivity index (χ3v) is 6.70. The van der Waals surface area contributed by atoms with E-state index in [1.165, 1.54) is 0 Å². The Morgan fingerprint density at radius 3 is 2.77 bits per heavy atom. The molecular formula is C21H26N6O2S. The van der Waals surface area contributed by atoms with Crippen molar-refractivity contribution in [3.05, 3.63) is 42.8 Å². The van der Waals surface area contributed by atoms with Crippen LogP contribution in [0, 0.1) is 0 Å². The second-order valence-corrected chi connectivity index (χ2v) is 8.85. The van der Waals surface area contributed by atoms with Gasteiger partial charge < -0.3 is 14.4 Å². The number of hydrogen-bond acceptors (Lipinski definition) is 7. The number of carbonyl (C=O) groups is 1. The van der Waals surface area contributed by atoms with Gasteiger partial charge in [0.2, 0.25) is 17.6 Å². The molecule has 0 unspecified atom stereocenters. The van der Waals surface area contributed by atoms with Crippen molar-refractivity contribution in [1.29, 1.82) is 0 Å². The summed E-state index contributed by atoms with van der Waals surface area (Å²) in [6.07, 6.45) is 13.2. The zero-order valence-electron chi connectivity index (χ0n) is 17.0. The summed E-state index contributed by atoms with van der Waals surface area (Å²) >= 11 is 1.84. The third-order valence-electron chi connectivity index (χ3n) is 5.29. The van der Waals surface area contributed by atoms with Crippen LogP contribution in [0.1, 0.15) is 44.4 Å². The first-order valence-electron chi connectivity index (χ1n) is 10.3. The lowest BCUT2D eigenvalue weighted by Gasteiger charge is -2.28. The van der Waals surface area contributed by atoms with E-state index < -0.39 is 0 Å². The van der Waals surface area contributed by atoms with Gasteiger partial charge in [0, 0.05) is 61.5 Å². The summed E-state index contributed by atoms with van der Waals surface area (Å²) in [6.45, 7) is 0. The molecule has 8 nitrogen and oxygen atoms in total. The summed E-state index contributed by atoms with van der Waals surface area (Å²) in [5.74, 6) is 1.21. The van der Waals surface area contributed by atoms with Crippen LogP contribution in [-0.4, -0.2) is 41.9 Å². The summed E-state index contributed by atoms with van der Waals surface area (Å²) in [5.41, 5.74) is 0.870. The zero-order valence-corrected chi connectivity index (χ0v) is 17.8. The Hall–Kier alpha value is -2.68. The van der Waals surface area contributed by atoms with Crippen molar-refractivity contribution in [1.82, 2.24) is 30.0 Å². The molecule has 1 fully saturated rings. The van der Waals surface area contributed by atoms with Gasteiger partial charge in [0.25, 0.3) is 0 Å². The first-order chi connectivity index (χ1) is 14.7. The number of hydrogen-bond donors (Lipinski definition) is 1. The van der Waals surface area contributed by atoms with Crippen molar-refractivity contribution < 1.29 is 9.32 Å². The smallest absolute Gasteiger partial charge is 0.226 e. The average molecular weight is 427 g/mol. The number of amides is 1. The second-order valence-electron chi connectivity index (χ2n) is 7.58. The standard InChI is InChI=1S/C21H26N6O2S/c1-27-14-13-23-21(27)30-17-7-5-16(6-8-17)24-18(28)3-2-4-19-25-20(26-29-19)15-9-11-22-12-10-15/h9-14,16-17H,2-8H2,1H3,(H,24,28). The lowest BCUT2D eigenvalue weighted by molar-refractivity contribution is -0.122. The van der Waals surface area contributed by atoms with Crippen LogP contribution in [0.2, 0.25) is 0 Å². The highest BCUT2D eigenvalue weighted by Crippen LogP contribution is 2.32. The molecular weight excluding hydrogens is 400 g/mol. The van der Waals surface area contributed by atoms with Crippen molar-refractivity contribution in [2.24, 2.45) is 7.05 Å². The van der Waals surface area contributed by atoms with Crippen LogP contribution < -0.4 is 5.32 Å². The lowest BCUT2D eigenvalue weighted by atomic mass is 9.95. The maximum Gasteiger partial charge on any atom is 0.226 e. The van der Waals surface area contributed by atoms with Crippen LogP contribution in [0.3, 0.4) is 0 Å². The highest BCUT2D eigenvalue weighted by atomic mass is 32.2. The summed E-state index contributed by atoms with van der Waals surface area (Å²) in [4.78, 5) is 25.1. The topological polar surface area (TPSA) is 98.7 Å². The fourth-order valence-electron chi connectivity index (χ4n) is 3.61. The van der Waals surface area contributed by atoms with Gasteiger partial charge in [-0.15, -0.1) is 0 Å². The first kappa shape index (κ1) is 20.6. The Labute approximate surface area is 179 Å². The molecule has 4 rings (SSSR count). The van der Waals surface area contributed by atoms with E-state index in [9.17, 15) is 4.79 Å². The van der Waals surface area contributed by atoms with Gasteiger partial charge in [-0.25, -0.2) is 4.98 Å². The molecule has 158 valence electrons. The van der Waals surface area contributed by atoms with E-state index in [0.717, 1.165) is 36.4 Å². The molecule has 0 aromatic carbocycles. The number of carbonyl (C=O) groups excluding carboxylic acids is 1. The highest BCUT2D eigenvalue weighted by Gasteiger charge is 2.24. The van der Waals surface area contributed by atoms with Gasteiger partial charge in [0.15, 0.2) is 5.16 Å². The predicted molar refractivity (Wildman–Crippen MR) is 114 cm³/mol. The van der Waals surface area contributed by atoms with Gasteiger partial charge in [0.1, 0.15) is 0 Å². The maximum absolute atomic E-state index is 12.3. The fraction of sp³-hybridized carbons (Fsp3) is 0.476. The zero-order chi connectivity index (χ0) is 20.8. The Kier molecular flexibility index (Phi) is 6.78. The Morgan fingerprint density at radius 2 is 2.03 bits per heavy atom. The number of thioether (sulfide) groups is 1. The van der Waals surface area contributed by atoms with Crippen molar-refractivity contribution in [2.75, 3.05) is 0 Å². The van der Waals surface area contributed by atoms with Gasteiger partial charge in [-0.05, 0) is 44.2 Å². The molecule has 3 aromatic rings. The molecule has 1 aliphatic rings. The van der Waals surface area contributed by atoms with Gasteiger partial charge in [-0.1, -0.05) is 16.9 Å². The van der Waals surface area contributed by atoms with Gasteiger partial charge >= 0.3 is 0 Å². The molecule has 9 heteroatoms. The SMILES string of the molecule is Cn1ccnc1SC1CCC(NC(=O)CCCc2nc(-c3ccncc3)no2)CC1. The largest absolute Gasteiger partial charge is 0.353 e. The summed E-state index contributed by atoms with van der Waals surface area (Å²) < 4.78 is 7.35. The highest BCUT2D eigenvalue weighted by molar-refractivity contribution is 7.99. The second kappa shape index (κ2) is 9.88. The number of aromatic nitrogens is 5. The number of imidazole rings is 1. The van der Waals surface area contributed by atoms with Crippen LogP contribution >= 0.6 is 11.8 Å². The van der Waals surface area contributed by atoms with Crippen LogP contribution in [0.15, 0.2) is 46.6 Å². The molecule has 30 heavy (non-hydrogen) atoms. The van der Waals surface area contributed by atoms with E-state index >= 15 is 0 Å². The third kappa shape index (κ3) is 5.47. The number of nitrogens with one attached hydrogen (secondary N) is 1. The van der Waals surface area contributed by atoms with E-state index in [4.69, 9.17) is 4.52 Å². The average Bonchev–Trinajstić information content (AvgIpc) is 3.39. The molecule has 3 aromatic heterocycles. The van der Waals surface area contributed by atoms with Gasteiger partial charge in [0.05, 0.1) is 0 Å². The molecule has 1 saturated carbocycles. The summed E-state index contributed by atoms with van der Waals surface area (Å²) in [7, 11) is 2.02. The van der Waals surface area contributed by atoms with E-state index in [1.807, 2.05) is 43.3 Å². The normalized spacial score (nSPS) is 19.0. The minimum Gasteiger partial charge on any atom is -0.353 e. The Bertz CT molecular complexity index is 949. The predicted octanol–water partition coefficient (Wildman–Crippen LogP) is 3.41. The number of pyridine rings is 1. The lowest BCUT2D eigenvalue weighted by Crippen LogP contribution is -2.38. The van der Waals surface area contributed by atoms with E-state index in [0.29, 0.717) is 36.2 Å². The van der Waals surface area contributed by atoms with Gasteiger partial charge in [-0.3, -0.25) is 9.78 Å². The molecule has 0 radical (unpaired) electrons. The van der Waals surface area contributed by atoms with Crippen LogP contribution in [0.25, 0.3) is 11.4 Å². The van der Waals surface area contributed by atoms with Crippen molar-refractivity contribution in [2.45, 2.75) is 61.4 Å². The van der Waals surface area contributed by atoms with Crippen LogP contribution in [0.4, 0.5) is 0 Å². The molecule has 0 atom stereocenters. The molecule has 0 saturated heterocycles. The Balaban J connectivity index is 1.15. The van der Waals surface area contributed by atoms with Gasteiger partial charge in [-0.2, -0.15) is 4.98 Å². The Morgan fingerprint density at radius 1 is 1.23 bits per heavy atom. The summed E-state index contributed by atoms with van der Waals surface area (Å²) in [6, 6.07) is 3.95. The molecule has 0 aliphatic heterocycles. The molecule has 1 N–H and O–H groups in total. The van der Waals surface area contributed by atoms with Crippen LogP contribution in [0.5, 0.6) is 0 Å². The molecule has 0 bridgehead atoms. The van der Waals surface area contributed by atoms with E-state index in [2.05, 4.69) is 30.0 Å². The van der Waals surface area contributed by atoms with Crippen LogP contribution in [-0.2, 0) is 18.3 Å². The maximum atomic E-state index is 12.3. The molecule has 3 heterocycles. The van der Waals surface area contributed by atoms with Crippen molar-refractivity contribution in [3.63, 3.8) is 0 Å².